The first-order valence-electron chi connectivity index (χ1n) is 10.5. The summed E-state index contributed by atoms with van der Waals surface area (Å²) < 4.78 is 17.7. The number of halogens is 1. The van der Waals surface area contributed by atoms with Crippen LogP contribution in [0.25, 0.3) is 16.7 Å². The minimum Gasteiger partial charge on any atom is -0.356 e. The van der Waals surface area contributed by atoms with E-state index < -0.39 is 5.82 Å². The Morgan fingerprint density at radius 1 is 1.21 bits per heavy atom. The number of carbonyl (C=O) groups is 1. The molecule has 0 unspecified atom stereocenters. The lowest BCUT2D eigenvalue weighted by Gasteiger charge is -2.12. The van der Waals surface area contributed by atoms with Crippen LogP contribution in [0, 0.1) is 17.1 Å². The van der Waals surface area contributed by atoms with E-state index >= 15 is 0 Å². The van der Waals surface area contributed by atoms with E-state index in [0.29, 0.717) is 30.2 Å². The minimum atomic E-state index is -0.505. The molecule has 0 radical (unpaired) electrons. The van der Waals surface area contributed by atoms with Gasteiger partial charge in [-0.15, -0.1) is 10.2 Å². The summed E-state index contributed by atoms with van der Waals surface area (Å²) in [6.07, 6.45) is 0.686. The zero-order valence-electron chi connectivity index (χ0n) is 17.9. The topological polar surface area (TPSA) is 105 Å². The summed E-state index contributed by atoms with van der Waals surface area (Å²) >= 11 is 1.42. The highest BCUT2D eigenvalue weighted by molar-refractivity contribution is 7.99. The largest absolute Gasteiger partial charge is 0.356 e. The van der Waals surface area contributed by atoms with Crippen LogP contribution in [0.15, 0.2) is 52.4 Å². The Labute approximate surface area is 193 Å². The van der Waals surface area contributed by atoms with Gasteiger partial charge in [0, 0.05) is 13.1 Å². The fourth-order valence-electron chi connectivity index (χ4n) is 3.62. The number of aromatic nitrogens is 4. The van der Waals surface area contributed by atoms with Gasteiger partial charge in [-0.3, -0.25) is 18.6 Å². The number of hydrogen-bond acceptors (Lipinski definition) is 6. The molecule has 0 aliphatic rings. The Kier molecular flexibility index (Phi) is 6.70. The second-order valence-corrected chi connectivity index (χ2v) is 8.56. The maximum atomic E-state index is 14.6. The summed E-state index contributed by atoms with van der Waals surface area (Å²) in [6, 6.07) is 13.3. The van der Waals surface area contributed by atoms with Crippen molar-refractivity contribution in [3.63, 3.8) is 0 Å². The van der Waals surface area contributed by atoms with E-state index in [4.69, 9.17) is 5.26 Å². The van der Waals surface area contributed by atoms with Crippen molar-refractivity contribution in [2.45, 2.75) is 31.5 Å². The molecule has 4 rings (SSSR count). The first-order valence-corrected chi connectivity index (χ1v) is 11.5. The van der Waals surface area contributed by atoms with E-state index in [-0.39, 0.29) is 34.6 Å². The molecule has 0 aliphatic heterocycles. The number of nitrogens with one attached hydrogen (secondary N) is 1. The third-order valence-electron chi connectivity index (χ3n) is 5.15. The molecule has 0 saturated carbocycles. The molecule has 0 spiro atoms. The number of thioether (sulfide) groups is 1. The second kappa shape index (κ2) is 9.83. The summed E-state index contributed by atoms with van der Waals surface area (Å²) in [7, 11) is 0. The number of aryl methyl sites for hydroxylation is 1. The van der Waals surface area contributed by atoms with Gasteiger partial charge in [-0.2, -0.15) is 5.26 Å². The van der Waals surface area contributed by atoms with E-state index in [2.05, 4.69) is 15.5 Å². The van der Waals surface area contributed by atoms with Crippen molar-refractivity contribution in [1.82, 2.24) is 24.5 Å². The van der Waals surface area contributed by atoms with Gasteiger partial charge in [0.2, 0.25) is 11.7 Å². The molecule has 0 fully saturated rings. The molecule has 4 aromatic rings. The van der Waals surface area contributed by atoms with Gasteiger partial charge in [0.1, 0.15) is 5.82 Å². The van der Waals surface area contributed by atoms with Crippen molar-refractivity contribution in [3.05, 3.63) is 69.8 Å². The van der Waals surface area contributed by atoms with Crippen molar-refractivity contribution in [3.8, 4) is 6.07 Å². The van der Waals surface area contributed by atoms with Crippen molar-refractivity contribution in [1.29, 1.82) is 5.26 Å². The summed E-state index contributed by atoms with van der Waals surface area (Å²) in [6.45, 7) is 2.61. The zero-order chi connectivity index (χ0) is 23.4. The van der Waals surface area contributed by atoms with Gasteiger partial charge < -0.3 is 5.32 Å². The number of nitriles is 1. The van der Waals surface area contributed by atoms with E-state index in [1.54, 1.807) is 34.7 Å². The van der Waals surface area contributed by atoms with E-state index in [9.17, 15) is 14.0 Å². The number of amides is 1. The maximum Gasteiger partial charge on any atom is 0.262 e. The van der Waals surface area contributed by atoms with Gasteiger partial charge in [0.05, 0.1) is 29.0 Å². The van der Waals surface area contributed by atoms with Gasteiger partial charge in [0.15, 0.2) is 5.16 Å². The summed E-state index contributed by atoms with van der Waals surface area (Å²) in [5.74, 6) is 0.343. The first-order chi connectivity index (χ1) is 16.0. The molecule has 0 aliphatic carbocycles. The van der Waals surface area contributed by atoms with Crippen LogP contribution in [-0.4, -0.2) is 37.4 Å². The van der Waals surface area contributed by atoms with Gasteiger partial charge in [-0.25, -0.2) is 4.39 Å². The Bertz CT molecular complexity index is 1420. The van der Waals surface area contributed by atoms with Crippen LogP contribution in [-0.2, 0) is 17.8 Å². The summed E-state index contributed by atoms with van der Waals surface area (Å²) in [4.78, 5) is 25.3. The van der Waals surface area contributed by atoms with Crippen molar-refractivity contribution < 1.29 is 9.18 Å². The van der Waals surface area contributed by atoms with E-state index in [1.807, 2.05) is 13.0 Å². The van der Waals surface area contributed by atoms with Gasteiger partial charge in [-0.05, 0) is 42.0 Å². The van der Waals surface area contributed by atoms with Crippen LogP contribution < -0.4 is 10.9 Å². The zero-order valence-corrected chi connectivity index (χ0v) is 18.7. The third kappa shape index (κ3) is 4.59. The number of rotatable bonds is 8. The standard InChI is InChI=1S/C23H21FN6O2S/c1-2-33-23-28-27-22-29(21(32)17-5-3-6-18(24)20(17)30(22)23)12-4-11-26-19(31)13-15-7-9-16(14-25)10-8-15/h3,5-10H,2,4,11-13H2,1H3,(H,26,31). The van der Waals surface area contributed by atoms with Crippen LogP contribution in [0.1, 0.15) is 24.5 Å². The highest BCUT2D eigenvalue weighted by atomic mass is 32.2. The molecule has 0 saturated heterocycles. The highest BCUT2D eigenvalue weighted by Gasteiger charge is 2.18. The number of nitrogens with zero attached hydrogens (tertiary/aromatic N) is 5. The maximum absolute atomic E-state index is 14.6. The third-order valence-corrected chi connectivity index (χ3v) is 5.96. The highest BCUT2D eigenvalue weighted by Crippen LogP contribution is 2.23. The van der Waals surface area contributed by atoms with E-state index in [1.165, 1.54) is 28.5 Å². The number of fused-ring (bicyclic) bond motifs is 3. The lowest BCUT2D eigenvalue weighted by molar-refractivity contribution is -0.120. The molecule has 1 amide bonds. The quantitative estimate of drug-likeness (QED) is 0.318. The molecule has 1 N–H and O–H groups in total. The average Bonchev–Trinajstić information content (AvgIpc) is 3.22. The fourth-order valence-corrected chi connectivity index (χ4v) is 4.28. The van der Waals surface area contributed by atoms with Crippen LogP contribution in [0.5, 0.6) is 0 Å². The van der Waals surface area contributed by atoms with Crippen LogP contribution in [0.2, 0.25) is 0 Å². The lowest BCUT2D eigenvalue weighted by Crippen LogP contribution is -2.29. The SMILES string of the molecule is CCSc1nnc2n(CCCNC(=O)Cc3ccc(C#N)cc3)c(=O)c3cccc(F)c3n12. The first kappa shape index (κ1) is 22.5. The Balaban J connectivity index is 1.50. The molecule has 2 heterocycles. The van der Waals surface area contributed by atoms with Crippen LogP contribution in [0.3, 0.4) is 0 Å². The Hall–Kier alpha value is -3.71. The number of para-hydroxylation sites is 1. The molecule has 2 aromatic heterocycles. The van der Waals surface area contributed by atoms with Gasteiger partial charge in [0.25, 0.3) is 5.56 Å². The number of benzene rings is 2. The Morgan fingerprint density at radius 3 is 2.73 bits per heavy atom. The molecule has 10 heteroatoms. The van der Waals surface area contributed by atoms with Crippen LogP contribution in [0.4, 0.5) is 4.39 Å². The lowest BCUT2D eigenvalue weighted by atomic mass is 10.1. The van der Waals surface area contributed by atoms with Crippen molar-refractivity contribution in [2.75, 3.05) is 12.3 Å². The molecule has 8 nitrogen and oxygen atoms in total. The summed E-state index contributed by atoms with van der Waals surface area (Å²) in [5.41, 5.74) is 1.18. The fraction of sp³-hybridized carbons (Fsp3) is 0.261. The minimum absolute atomic E-state index is 0.151. The number of carbonyl (C=O) groups excluding carboxylic acids is 1. The molecule has 33 heavy (non-hydrogen) atoms. The molecule has 0 atom stereocenters. The smallest absolute Gasteiger partial charge is 0.262 e. The monoisotopic (exact) mass is 464 g/mol. The van der Waals surface area contributed by atoms with Crippen molar-refractivity contribution >= 4 is 34.3 Å². The van der Waals surface area contributed by atoms with E-state index in [0.717, 1.165) is 11.3 Å². The average molecular weight is 465 g/mol. The summed E-state index contributed by atoms with van der Waals surface area (Å²) in [5, 5.41) is 20.8. The second-order valence-electron chi connectivity index (χ2n) is 7.33. The predicted octanol–water partition coefficient (Wildman–Crippen LogP) is 2.92. The number of hydrogen-bond donors (Lipinski definition) is 1. The van der Waals surface area contributed by atoms with Gasteiger partial charge in [-0.1, -0.05) is 36.9 Å². The molecule has 0 bridgehead atoms. The molecule has 168 valence electrons. The molecular formula is C23H21FN6O2S. The van der Waals surface area contributed by atoms with Crippen LogP contribution >= 0.6 is 11.8 Å². The predicted molar refractivity (Wildman–Crippen MR) is 124 cm³/mol. The molecule has 2 aromatic carbocycles. The van der Waals surface area contributed by atoms with Gasteiger partial charge >= 0.3 is 0 Å². The molecular weight excluding hydrogens is 443 g/mol. The van der Waals surface area contributed by atoms with Crippen molar-refractivity contribution in [2.24, 2.45) is 0 Å². The normalized spacial score (nSPS) is 11.1. The Morgan fingerprint density at radius 2 is 2.00 bits per heavy atom.